The van der Waals surface area contributed by atoms with Gasteiger partial charge in [-0.25, -0.2) is 13.1 Å². The van der Waals surface area contributed by atoms with Crippen LogP contribution >= 0.6 is 12.2 Å². The van der Waals surface area contributed by atoms with Crippen molar-refractivity contribution in [3.63, 3.8) is 0 Å². The Balaban J connectivity index is 2.24. The second-order valence-electron chi connectivity index (χ2n) is 4.54. The maximum atomic E-state index is 11.4. The number of likely N-dealkylation sites (N-methyl/N-ethyl adjacent to an activating group) is 1. The first-order valence-electron chi connectivity index (χ1n) is 5.86. The summed E-state index contributed by atoms with van der Waals surface area (Å²) in [6.45, 7) is 1.14. The van der Waals surface area contributed by atoms with Crippen molar-refractivity contribution in [3.05, 3.63) is 0 Å². The van der Waals surface area contributed by atoms with Crippen molar-refractivity contribution in [1.82, 2.24) is 9.62 Å². The Morgan fingerprint density at radius 2 is 2.06 bits per heavy atom. The fourth-order valence-electron chi connectivity index (χ4n) is 2.14. The van der Waals surface area contributed by atoms with Crippen molar-refractivity contribution in [2.75, 3.05) is 25.9 Å². The number of nitrogens with one attached hydrogen (secondary N) is 1. The van der Waals surface area contributed by atoms with Crippen molar-refractivity contribution in [2.45, 2.75) is 31.7 Å². The van der Waals surface area contributed by atoms with Gasteiger partial charge in [-0.1, -0.05) is 25.1 Å². The number of thiocarbonyl (C=S) groups is 1. The molecule has 1 fully saturated rings. The van der Waals surface area contributed by atoms with Crippen molar-refractivity contribution in [3.8, 4) is 0 Å². The van der Waals surface area contributed by atoms with Gasteiger partial charge in [0.25, 0.3) is 0 Å². The van der Waals surface area contributed by atoms with E-state index in [0.29, 0.717) is 12.6 Å². The molecule has 0 aliphatic heterocycles. The lowest BCUT2D eigenvalue weighted by molar-refractivity contribution is 0.250. The van der Waals surface area contributed by atoms with E-state index in [2.05, 4.69) is 21.8 Å². The molecule has 17 heavy (non-hydrogen) atoms. The standard InChI is InChI=1S/C10H21N3O2S2/c1-13(9-4-2-3-5-9)7-6-12-17(14,15)8-10(11)16/h9,12H,2-8H2,1H3,(H2,11,16). The fourth-order valence-corrected chi connectivity index (χ4v) is 3.49. The van der Waals surface area contributed by atoms with Crippen LogP contribution in [-0.2, 0) is 10.0 Å². The second kappa shape index (κ2) is 6.63. The third kappa shape index (κ3) is 5.76. The summed E-state index contributed by atoms with van der Waals surface area (Å²) in [4.78, 5) is 2.22. The van der Waals surface area contributed by atoms with E-state index in [-0.39, 0.29) is 10.7 Å². The fraction of sp³-hybridized carbons (Fsp3) is 0.900. The molecule has 0 bridgehead atoms. The first-order valence-corrected chi connectivity index (χ1v) is 7.92. The Bertz CT molecular complexity index is 351. The lowest BCUT2D eigenvalue weighted by atomic mass is 10.2. The molecule has 0 spiro atoms. The molecule has 0 saturated heterocycles. The summed E-state index contributed by atoms with van der Waals surface area (Å²) in [5.74, 6) is -0.268. The number of rotatable bonds is 7. The van der Waals surface area contributed by atoms with Crippen LogP contribution in [-0.4, -0.2) is 50.2 Å². The predicted molar refractivity (Wildman–Crippen MR) is 73.5 cm³/mol. The monoisotopic (exact) mass is 279 g/mol. The predicted octanol–water partition coefficient (Wildman–Crippen LogP) is 0.0663. The first kappa shape index (κ1) is 14.8. The van der Waals surface area contributed by atoms with Crippen LogP contribution in [0.5, 0.6) is 0 Å². The Kier molecular flexibility index (Phi) is 5.78. The molecule has 0 aromatic carbocycles. The van der Waals surface area contributed by atoms with Crippen LogP contribution < -0.4 is 10.5 Å². The van der Waals surface area contributed by atoms with E-state index in [1.807, 2.05) is 7.05 Å². The molecule has 0 aromatic rings. The molecule has 1 aliphatic rings. The molecular weight excluding hydrogens is 258 g/mol. The Morgan fingerprint density at radius 3 is 2.59 bits per heavy atom. The topological polar surface area (TPSA) is 75.4 Å². The van der Waals surface area contributed by atoms with Crippen LogP contribution in [0, 0.1) is 0 Å². The molecule has 1 rings (SSSR count). The third-order valence-electron chi connectivity index (χ3n) is 3.07. The molecule has 0 atom stereocenters. The smallest absolute Gasteiger partial charge is 0.218 e. The third-order valence-corrected chi connectivity index (χ3v) is 4.73. The molecule has 5 nitrogen and oxygen atoms in total. The molecule has 0 heterocycles. The van der Waals surface area contributed by atoms with E-state index in [4.69, 9.17) is 5.73 Å². The zero-order valence-corrected chi connectivity index (χ0v) is 11.8. The highest BCUT2D eigenvalue weighted by molar-refractivity contribution is 7.92. The molecular formula is C10H21N3O2S2. The van der Waals surface area contributed by atoms with Gasteiger partial charge in [0.2, 0.25) is 10.0 Å². The zero-order chi connectivity index (χ0) is 12.9. The number of nitrogens with zero attached hydrogens (tertiary/aromatic N) is 1. The molecule has 3 N–H and O–H groups in total. The van der Waals surface area contributed by atoms with Crippen molar-refractivity contribution < 1.29 is 8.42 Å². The van der Waals surface area contributed by atoms with E-state index in [0.717, 1.165) is 6.54 Å². The van der Waals surface area contributed by atoms with Crippen LogP contribution in [0.1, 0.15) is 25.7 Å². The number of nitrogens with two attached hydrogens (primary N) is 1. The van der Waals surface area contributed by atoms with Crippen molar-refractivity contribution >= 4 is 27.2 Å². The van der Waals surface area contributed by atoms with Gasteiger partial charge >= 0.3 is 0 Å². The van der Waals surface area contributed by atoms with Gasteiger partial charge in [0.15, 0.2) is 0 Å². The Labute approximate surface area is 109 Å². The van der Waals surface area contributed by atoms with Gasteiger partial charge in [-0.3, -0.25) is 0 Å². The maximum absolute atomic E-state index is 11.4. The van der Waals surface area contributed by atoms with E-state index in [9.17, 15) is 8.42 Å². The van der Waals surface area contributed by atoms with Gasteiger partial charge in [0.1, 0.15) is 5.75 Å². The number of hydrogen-bond donors (Lipinski definition) is 2. The highest BCUT2D eigenvalue weighted by Crippen LogP contribution is 2.21. The van der Waals surface area contributed by atoms with Gasteiger partial charge in [0, 0.05) is 19.1 Å². The van der Waals surface area contributed by atoms with Gasteiger partial charge in [-0.2, -0.15) is 0 Å². The largest absolute Gasteiger partial charge is 0.392 e. The van der Waals surface area contributed by atoms with E-state index in [1.165, 1.54) is 25.7 Å². The summed E-state index contributed by atoms with van der Waals surface area (Å²) in [6, 6.07) is 0.607. The Hall–Kier alpha value is -0.240. The van der Waals surface area contributed by atoms with Gasteiger partial charge in [0.05, 0.1) is 4.99 Å². The lowest BCUT2D eigenvalue weighted by Crippen LogP contribution is -2.39. The second-order valence-corrected chi connectivity index (χ2v) is 6.87. The summed E-state index contributed by atoms with van der Waals surface area (Å²) >= 11 is 4.58. The number of hydrogen-bond acceptors (Lipinski definition) is 4. The van der Waals surface area contributed by atoms with Crippen molar-refractivity contribution in [2.24, 2.45) is 5.73 Å². The molecule has 0 amide bonds. The van der Waals surface area contributed by atoms with E-state index < -0.39 is 10.0 Å². The van der Waals surface area contributed by atoms with Gasteiger partial charge in [-0.15, -0.1) is 0 Å². The van der Waals surface area contributed by atoms with Crippen LogP contribution in [0.2, 0.25) is 0 Å². The van der Waals surface area contributed by atoms with Gasteiger partial charge < -0.3 is 10.6 Å². The molecule has 0 aromatic heterocycles. The SMILES string of the molecule is CN(CCNS(=O)(=O)CC(N)=S)C1CCCC1. The zero-order valence-electron chi connectivity index (χ0n) is 10.2. The quantitative estimate of drug-likeness (QED) is 0.645. The minimum Gasteiger partial charge on any atom is -0.392 e. The minimum absolute atomic E-state index is 0.00153. The maximum Gasteiger partial charge on any atom is 0.218 e. The van der Waals surface area contributed by atoms with Crippen LogP contribution in [0.4, 0.5) is 0 Å². The van der Waals surface area contributed by atoms with Crippen LogP contribution in [0.15, 0.2) is 0 Å². The summed E-state index contributed by atoms with van der Waals surface area (Å²) in [5.41, 5.74) is 5.21. The molecule has 1 aliphatic carbocycles. The summed E-state index contributed by atoms with van der Waals surface area (Å²) < 4.78 is 25.4. The average Bonchev–Trinajstić information content (AvgIpc) is 2.67. The highest BCUT2D eigenvalue weighted by atomic mass is 32.2. The average molecular weight is 279 g/mol. The van der Waals surface area contributed by atoms with Crippen LogP contribution in [0.3, 0.4) is 0 Å². The molecule has 7 heteroatoms. The normalized spacial score (nSPS) is 17.8. The van der Waals surface area contributed by atoms with Crippen LogP contribution in [0.25, 0.3) is 0 Å². The molecule has 100 valence electrons. The van der Waals surface area contributed by atoms with E-state index >= 15 is 0 Å². The molecule has 1 saturated carbocycles. The summed E-state index contributed by atoms with van der Waals surface area (Å²) in [7, 11) is -1.30. The lowest BCUT2D eigenvalue weighted by Gasteiger charge is -2.23. The van der Waals surface area contributed by atoms with E-state index in [1.54, 1.807) is 0 Å². The minimum atomic E-state index is -3.34. The first-order chi connectivity index (χ1) is 7.91. The Morgan fingerprint density at radius 1 is 1.47 bits per heavy atom. The molecule has 0 radical (unpaired) electrons. The highest BCUT2D eigenvalue weighted by Gasteiger charge is 2.19. The summed E-state index contributed by atoms with van der Waals surface area (Å²) in [5, 5.41) is 0. The number of sulfonamides is 1. The molecule has 0 unspecified atom stereocenters. The van der Waals surface area contributed by atoms with Gasteiger partial charge in [-0.05, 0) is 19.9 Å². The summed E-state index contributed by atoms with van der Waals surface area (Å²) in [6.07, 6.45) is 5.00. The van der Waals surface area contributed by atoms with Crippen molar-refractivity contribution in [1.29, 1.82) is 0 Å².